The van der Waals surface area contributed by atoms with Crippen LogP contribution in [-0.2, 0) is 4.79 Å². The largest absolute Gasteiger partial charge is 0.482 e. The standard InChI is InChI=1S/C21H17ClN2O4/c1-11-12(2)21(26)28-18-9-19(15(22)8-14(11)18)27-10-20(25)24-17-5-3-4-16-13(17)6-7-23-16/h3-9,23H,10H2,1-2H3,(H,24,25). The monoisotopic (exact) mass is 396 g/mol. The number of nitrogens with one attached hydrogen (secondary N) is 2. The van der Waals surface area contributed by atoms with Gasteiger partial charge in [-0.1, -0.05) is 17.7 Å². The maximum atomic E-state index is 12.3. The highest BCUT2D eigenvalue weighted by molar-refractivity contribution is 6.32. The van der Waals surface area contributed by atoms with E-state index < -0.39 is 5.63 Å². The lowest BCUT2D eigenvalue weighted by Gasteiger charge is -2.11. The Morgan fingerprint density at radius 3 is 2.82 bits per heavy atom. The van der Waals surface area contributed by atoms with Crippen LogP contribution in [0, 0.1) is 13.8 Å². The first kappa shape index (κ1) is 18.1. The number of H-pyrrole nitrogens is 1. The molecule has 6 nitrogen and oxygen atoms in total. The molecule has 0 radical (unpaired) electrons. The zero-order valence-electron chi connectivity index (χ0n) is 15.3. The maximum absolute atomic E-state index is 12.3. The summed E-state index contributed by atoms with van der Waals surface area (Å²) in [7, 11) is 0. The van der Waals surface area contributed by atoms with Crippen LogP contribution in [-0.4, -0.2) is 17.5 Å². The number of aromatic nitrogens is 1. The molecule has 4 rings (SSSR count). The van der Waals surface area contributed by atoms with Crippen molar-refractivity contribution in [1.82, 2.24) is 4.98 Å². The van der Waals surface area contributed by atoms with Crippen molar-refractivity contribution in [3.8, 4) is 5.75 Å². The summed E-state index contributed by atoms with van der Waals surface area (Å²) in [6, 6.07) is 10.7. The lowest BCUT2D eigenvalue weighted by Crippen LogP contribution is -2.20. The van der Waals surface area contributed by atoms with E-state index in [1.54, 1.807) is 13.0 Å². The van der Waals surface area contributed by atoms with E-state index in [0.29, 0.717) is 21.9 Å². The molecular formula is C21H17ClN2O4. The number of carbonyl (C=O) groups excluding carboxylic acids is 1. The third-order valence-electron chi connectivity index (χ3n) is 4.74. The highest BCUT2D eigenvalue weighted by atomic mass is 35.5. The van der Waals surface area contributed by atoms with Crippen molar-refractivity contribution in [2.24, 2.45) is 0 Å². The number of hydrogen-bond acceptors (Lipinski definition) is 4. The number of carbonyl (C=O) groups is 1. The van der Waals surface area contributed by atoms with Crippen molar-refractivity contribution in [3.05, 3.63) is 69.2 Å². The summed E-state index contributed by atoms with van der Waals surface area (Å²) in [5.41, 5.74) is 2.92. The summed E-state index contributed by atoms with van der Waals surface area (Å²) in [5, 5.41) is 4.80. The van der Waals surface area contributed by atoms with Gasteiger partial charge in [0.25, 0.3) is 5.91 Å². The second-order valence-electron chi connectivity index (χ2n) is 6.50. The van der Waals surface area contributed by atoms with Crippen LogP contribution in [0.15, 0.2) is 51.8 Å². The van der Waals surface area contributed by atoms with Crippen LogP contribution in [0.25, 0.3) is 21.9 Å². The van der Waals surface area contributed by atoms with Crippen molar-refractivity contribution in [2.75, 3.05) is 11.9 Å². The van der Waals surface area contributed by atoms with Gasteiger partial charge in [-0.05, 0) is 43.7 Å². The van der Waals surface area contributed by atoms with Crippen molar-refractivity contribution in [3.63, 3.8) is 0 Å². The molecule has 2 N–H and O–H groups in total. The predicted octanol–water partition coefficient (Wildman–Crippen LogP) is 4.56. The van der Waals surface area contributed by atoms with Gasteiger partial charge in [-0.2, -0.15) is 0 Å². The number of ether oxygens (including phenoxy) is 1. The average Bonchev–Trinajstić information content (AvgIpc) is 3.15. The molecule has 0 atom stereocenters. The molecule has 2 aromatic carbocycles. The van der Waals surface area contributed by atoms with Crippen molar-refractivity contribution >= 4 is 45.1 Å². The summed E-state index contributed by atoms with van der Waals surface area (Å²) in [6.45, 7) is 3.30. The van der Waals surface area contributed by atoms with Crippen LogP contribution in [0.1, 0.15) is 11.1 Å². The first-order valence-electron chi connectivity index (χ1n) is 8.66. The van der Waals surface area contributed by atoms with Gasteiger partial charge in [-0.15, -0.1) is 0 Å². The Morgan fingerprint density at radius 1 is 1.18 bits per heavy atom. The van der Waals surface area contributed by atoms with E-state index in [1.165, 1.54) is 6.07 Å². The average molecular weight is 397 g/mol. The van der Waals surface area contributed by atoms with Crippen molar-refractivity contribution in [1.29, 1.82) is 0 Å². The third-order valence-corrected chi connectivity index (χ3v) is 5.03. The minimum absolute atomic E-state index is 0.235. The topological polar surface area (TPSA) is 84.3 Å². The molecule has 0 saturated heterocycles. The SMILES string of the molecule is Cc1c(C)c2cc(Cl)c(OCC(=O)Nc3cccc4[nH]ccc34)cc2oc1=O. The molecule has 4 aromatic rings. The molecule has 7 heteroatoms. The van der Waals surface area contributed by atoms with Crippen LogP contribution in [0.5, 0.6) is 5.75 Å². The summed E-state index contributed by atoms with van der Waals surface area (Å²) >= 11 is 6.29. The Labute approximate surface area is 165 Å². The molecule has 2 aromatic heterocycles. The minimum Gasteiger partial charge on any atom is -0.482 e. The number of anilines is 1. The molecule has 0 aliphatic rings. The van der Waals surface area contributed by atoms with E-state index in [2.05, 4.69) is 10.3 Å². The lowest BCUT2D eigenvalue weighted by atomic mass is 10.1. The Bertz CT molecular complexity index is 1270. The van der Waals surface area contributed by atoms with Crippen LogP contribution in [0.2, 0.25) is 5.02 Å². The summed E-state index contributed by atoms with van der Waals surface area (Å²) < 4.78 is 10.9. The van der Waals surface area contributed by atoms with Crippen LogP contribution in [0.3, 0.4) is 0 Å². The van der Waals surface area contributed by atoms with Crippen molar-refractivity contribution in [2.45, 2.75) is 13.8 Å². The van der Waals surface area contributed by atoms with Gasteiger partial charge >= 0.3 is 5.63 Å². The molecule has 0 aliphatic carbocycles. The van der Waals surface area contributed by atoms with Crippen LogP contribution >= 0.6 is 11.6 Å². The molecule has 0 spiro atoms. The van der Waals surface area contributed by atoms with E-state index in [4.69, 9.17) is 20.8 Å². The Balaban J connectivity index is 1.54. The maximum Gasteiger partial charge on any atom is 0.339 e. The zero-order valence-corrected chi connectivity index (χ0v) is 16.0. The van der Waals surface area contributed by atoms with Gasteiger partial charge in [0, 0.05) is 34.1 Å². The number of hydrogen-bond donors (Lipinski definition) is 2. The van der Waals surface area contributed by atoms with Gasteiger partial charge in [0.15, 0.2) is 6.61 Å². The number of benzene rings is 2. The van der Waals surface area contributed by atoms with E-state index in [9.17, 15) is 9.59 Å². The molecule has 28 heavy (non-hydrogen) atoms. The molecule has 2 heterocycles. The molecule has 0 aliphatic heterocycles. The number of fused-ring (bicyclic) bond motifs is 2. The first-order valence-corrected chi connectivity index (χ1v) is 9.04. The van der Waals surface area contributed by atoms with Crippen LogP contribution < -0.4 is 15.7 Å². The highest BCUT2D eigenvalue weighted by Crippen LogP contribution is 2.32. The Morgan fingerprint density at radius 2 is 2.00 bits per heavy atom. The number of aryl methyl sites for hydroxylation is 1. The minimum atomic E-state index is -0.407. The van der Waals surface area contributed by atoms with Gasteiger partial charge in [0.2, 0.25) is 0 Å². The fourth-order valence-corrected chi connectivity index (χ4v) is 3.30. The second kappa shape index (κ2) is 7.05. The Kier molecular flexibility index (Phi) is 4.57. The fourth-order valence-electron chi connectivity index (χ4n) is 3.08. The highest BCUT2D eigenvalue weighted by Gasteiger charge is 2.13. The third kappa shape index (κ3) is 3.23. The van der Waals surface area contributed by atoms with Gasteiger partial charge in [0.1, 0.15) is 11.3 Å². The first-order chi connectivity index (χ1) is 13.4. The molecule has 142 valence electrons. The number of rotatable bonds is 4. The molecular weight excluding hydrogens is 380 g/mol. The second-order valence-corrected chi connectivity index (χ2v) is 6.91. The molecule has 0 fully saturated rings. The normalized spacial score (nSPS) is 11.1. The van der Waals surface area contributed by atoms with E-state index >= 15 is 0 Å². The van der Waals surface area contributed by atoms with E-state index in [0.717, 1.165) is 21.9 Å². The van der Waals surface area contributed by atoms with Crippen molar-refractivity contribution < 1.29 is 13.9 Å². The summed E-state index contributed by atoms with van der Waals surface area (Å²) in [4.78, 5) is 27.3. The van der Waals surface area contributed by atoms with Gasteiger partial charge in [0.05, 0.1) is 10.7 Å². The van der Waals surface area contributed by atoms with Gasteiger partial charge in [-0.25, -0.2) is 4.79 Å². The summed E-state index contributed by atoms with van der Waals surface area (Å²) in [6.07, 6.45) is 1.81. The lowest BCUT2D eigenvalue weighted by molar-refractivity contribution is -0.118. The smallest absolute Gasteiger partial charge is 0.339 e. The quantitative estimate of drug-likeness (QED) is 0.495. The Hall–Kier alpha value is -3.25. The fraction of sp³-hybridized carbons (Fsp3) is 0.143. The molecule has 1 amide bonds. The summed E-state index contributed by atoms with van der Waals surface area (Å²) in [5.74, 6) is -0.0537. The zero-order chi connectivity index (χ0) is 19.8. The number of halogens is 1. The van der Waals surface area contributed by atoms with E-state index in [-0.39, 0.29) is 18.3 Å². The molecule has 0 unspecified atom stereocenters. The van der Waals surface area contributed by atoms with Gasteiger partial charge in [-0.3, -0.25) is 4.79 Å². The van der Waals surface area contributed by atoms with Gasteiger partial charge < -0.3 is 19.5 Å². The number of aromatic amines is 1. The molecule has 0 saturated carbocycles. The predicted molar refractivity (Wildman–Crippen MR) is 109 cm³/mol. The van der Waals surface area contributed by atoms with Crippen LogP contribution in [0.4, 0.5) is 5.69 Å². The van der Waals surface area contributed by atoms with E-state index in [1.807, 2.05) is 37.4 Å². The number of amides is 1. The molecule has 0 bridgehead atoms.